The molecule has 8 heteroatoms. The number of nitrogens with one attached hydrogen (secondary N) is 1. The van der Waals surface area contributed by atoms with E-state index in [1.165, 1.54) is 18.3 Å². The van der Waals surface area contributed by atoms with Crippen LogP contribution in [-0.4, -0.2) is 28.9 Å². The summed E-state index contributed by atoms with van der Waals surface area (Å²) in [5, 5.41) is 11.6. The molecular formula is C20H19F3N4O. The third kappa shape index (κ3) is 6.13. The fourth-order valence-corrected chi connectivity index (χ4v) is 2.43. The molecule has 0 aliphatic heterocycles. The predicted octanol–water partition coefficient (Wildman–Crippen LogP) is 4.01. The molecule has 0 saturated carbocycles. The summed E-state index contributed by atoms with van der Waals surface area (Å²) in [6.45, 7) is 3.01. The van der Waals surface area contributed by atoms with Crippen LogP contribution in [0.4, 0.5) is 18.9 Å². The highest BCUT2D eigenvalue weighted by atomic mass is 19.4. The van der Waals surface area contributed by atoms with Crippen LogP contribution in [0.15, 0.2) is 60.6 Å². The number of benzene rings is 1. The van der Waals surface area contributed by atoms with Crippen LogP contribution >= 0.6 is 0 Å². The maximum absolute atomic E-state index is 12.8. The zero-order valence-corrected chi connectivity index (χ0v) is 15.2. The number of likely N-dealkylation sites (N-methyl/N-ethyl adjacent to an activating group) is 1. The first-order valence-corrected chi connectivity index (χ1v) is 8.57. The summed E-state index contributed by atoms with van der Waals surface area (Å²) < 4.78 is 38.4. The van der Waals surface area contributed by atoms with Gasteiger partial charge >= 0.3 is 6.18 Å². The minimum atomic E-state index is -4.51. The minimum absolute atomic E-state index is 0.0270. The number of hydrogen-bond acceptors (Lipinski definition) is 4. The molecule has 1 aromatic heterocycles. The number of aromatic nitrogens is 1. The van der Waals surface area contributed by atoms with Gasteiger partial charge in [-0.2, -0.15) is 18.4 Å². The van der Waals surface area contributed by atoms with Crippen LogP contribution in [0.25, 0.3) is 0 Å². The third-order valence-corrected chi connectivity index (χ3v) is 3.97. The Morgan fingerprint density at radius 1 is 1.29 bits per heavy atom. The molecule has 1 amide bonds. The molecule has 2 rings (SSSR count). The van der Waals surface area contributed by atoms with E-state index >= 15 is 0 Å². The van der Waals surface area contributed by atoms with E-state index in [1.54, 1.807) is 23.4 Å². The molecular weight excluding hydrogens is 369 g/mol. The number of nitriles is 1. The van der Waals surface area contributed by atoms with Crippen molar-refractivity contribution < 1.29 is 18.0 Å². The lowest BCUT2D eigenvalue weighted by Crippen LogP contribution is -2.23. The zero-order valence-electron chi connectivity index (χ0n) is 15.2. The average molecular weight is 388 g/mol. The van der Waals surface area contributed by atoms with E-state index < -0.39 is 17.6 Å². The Balaban J connectivity index is 2.07. The second-order valence-corrected chi connectivity index (χ2v) is 5.92. The number of rotatable bonds is 7. The van der Waals surface area contributed by atoms with Gasteiger partial charge in [-0.3, -0.25) is 9.78 Å². The molecule has 0 unspecified atom stereocenters. The number of carbonyl (C=O) groups is 1. The highest BCUT2D eigenvalue weighted by molar-refractivity contribution is 6.06. The Hall–Kier alpha value is -3.34. The molecule has 0 saturated heterocycles. The lowest BCUT2D eigenvalue weighted by molar-refractivity contribution is -0.137. The van der Waals surface area contributed by atoms with E-state index in [4.69, 9.17) is 0 Å². The van der Waals surface area contributed by atoms with Gasteiger partial charge in [0.05, 0.1) is 5.56 Å². The number of halogens is 3. The molecule has 0 radical (unpaired) electrons. The molecule has 0 bridgehead atoms. The van der Waals surface area contributed by atoms with Crippen LogP contribution in [0.3, 0.4) is 0 Å². The van der Waals surface area contributed by atoms with Crippen molar-refractivity contribution in [1.82, 2.24) is 9.88 Å². The SMILES string of the molecule is CCN(/C=C(/C#N)C(=O)Nc1cccc(C(F)(F)F)c1)CCc1ccncc1. The first-order valence-electron chi connectivity index (χ1n) is 8.57. The Kier molecular flexibility index (Phi) is 7.15. The van der Waals surface area contributed by atoms with E-state index in [1.807, 2.05) is 19.1 Å². The Labute approximate surface area is 161 Å². The highest BCUT2D eigenvalue weighted by Gasteiger charge is 2.30. The molecule has 1 heterocycles. The summed E-state index contributed by atoms with van der Waals surface area (Å²) in [6, 6.07) is 9.83. The van der Waals surface area contributed by atoms with Gasteiger partial charge in [0.15, 0.2) is 0 Å². The standard InChI is InChI=1S/C20H19F3N4O/c1-2-27(11-8-15-6-9-25-10-7-15)14-16(13-24)19(28)26-18-5-3-4-17(12-18)20(21,22)23/h3-7,9-10,12,14H,2,8,11H2,1H3,(H,26,28)/b16-14-. The van der Waals surface area contributed by atoms with Gasteiger partial charge in [-0.1, -0.05) is 6.07 Å². The molecule has 0 atom stereocenters. The largest absolute Gasteiger partial charge is 0.416 e. The van der Waals surface area contributed by atoms with Crippen molar-refractivity contribution in [3.8, 4) is 6.07 Å². The molecule has 2 aromatic rings. The van der Waals surface area contributed by atoms with Crippen molar-refractivity contribution in [1.29, 1.82) is 5.26 Å². The van der Waals surface area contributed by atoms with Crippen LogP contribution in [-0.2, 0) is 17.4 Å². The molecule has 1 N–H and O–H groups in total. The molecule has 0 aliphatic carbocycles. The molecule has 0 fully saturated rings. The number of carbonyl (C=O) groups excluding carboxylic acids is 1. The van der Waals surface area contributed by atoms with E-state index in [2.05, 4.69) is 10.3 Å². The summed E-state index contributed by atoms with van der Waals surface area (Å²) in [5.74, 6) is -0.760. The normalized spacial score (nSPS) is 11.6. The molecule has 5 nitrogen and oxygen atoms in total. The van der Waals surface area contributed by atoms with Crippen LogP contribution in [0, 0.1) is 11.3 Å². The van der Waals surface area contributed by atoms with Gasteiger partial charge in [-0.15, -0.1) is 0 Å². The van der Waals surface area contributed by atoms with Gasteiger partial charge in [-0.25, -0.2) is 0 Å². The minimum Gasteiger partial charge on any atom is -0.376 e. The number of pyridine rings is 1. The van der Waals surface area contributed by atoms with Crippen molar-refractivity contribution in [3.63, 3.8) is 0 Å². The first kappa shape index (κ1) is 21.0. The second-order valence-electron chi connectivity index (χ2n) is 5.92. The molecule has 28 heavy (non-hydrogen) atoms. The Morgan fingerprint density at radius 3 is 2.61 bits per heavy atom. The highest BCUT2D eigenvalue weighted by Crippen LogP contribution is 2.30. The monoisotopic (exact) mass is 388 g/mol. The molecule has 146 valence electrons. The fraction of sp³-hybridized carbons (Fsp3) is 0.250. The third-order valence-electron chi connectivity index (χ3n) is 3.97. The average Bonchev–Trinajstić information content (AvgIpc) is 2.68. The number of alkyl halides is 3. The van der Waals surface area contributed by atoms with E-state index in [9.17, 15) is 23.2 Å². The summed E-state index contributed by atoms with van der Waals surface area (Å²) in [7, 11) is 0. The summed E-state index contributed by atoms with van der Waals surface area (Å²) in [6.07, 6.45) is 0.973. The van der Waals surface area contributed by atoms with Crippen molar-refractivity contribution in [2.75, 3.05) is 18.4 Å². The summed E-state index contributed by atoms with van der Waals surface area (Å²) in [5.41, 5.74) is -0.0242. The lowest BCUT2D eigenvalue weighted by Gasteiger charge is -2.19. The van der Waals surface area contributed by atoms with Gasteiger partial charge in [0.2, 0.25) is 0 Å². The van der Waals surface area contributed by atoms with Gasteiger partial charge in [0, 0.05) is 37.4 Å². The lowest BCUT2D eigenvalue weighted by atomic mass is 10.2. The van der Waals surface area contributed by atoms with Crippen LogP contribution < -0.4 is 5.32 Å². The van der Waals surface area contributed by atoms with Gasteiger partial charge < -0.3 is 10.2 Å². The number of anilines is 1. The van der Waals surface area contributed by atoms with Crippen molar-refractivity contribution in [3.05, 3.63) is 71.7 Å². The maximum atomic E-state index is 12.8. The quantitative estimate of drug-likeness (QED) is 0.575. The van der Waals surface area contributed by atoms with Gasteiger partial charge in [-0.05, 0) is 49.2 Å². The maximum Gasteiger partial charge on any atom is 0.416 e. The smallest absolute Gasteiger partial charge is 0.376 e. The van der Waals surface area contributed by atoms with Crippen LogP contribution in [0.5, 0.6) is 0 Å². The number of nitrogens with zero attached hydrogens (tertiary/aromatic N) is 3. The molecule has 0 spiro atoms. The first-order chi connectivity index (χ1) is 13.3. The summed E-state index contributed by atoms with van der Waals surface area (Å²) in [4.78, 5) is 18.1. The van der Waals surface area contributed by atoms with Gasteiger partial charge in [0.1, 0.15) is 11.6 Å². The van der Waals surface area contributed by atoms with Crippen LogP contribution in [0.1, 0.15) is 18.1 Å². The van der Waals surface area contributed by atoms with E-state index in [0.29, 0.717) is 19.5 Å². The van der Waals surface area contributed by atoms with Crippen molar-refractivity contribution in [2.45, 2.75) is 19.5 Å². The number of amides is 1. The van der Waals surface area contributed by atoms with Crippen LogP contribution in [0.2, 0.25) is 0 Å². The molecule has 1 aromatic carbocycles. The number of hydrogen-bond donors (Lipinski definition) is 1. The Morgan fingerprint density at radius 2 is 2.00 bits per heavy atom. The second kappa shape index (κ2) is 9.55. The summed E-state index contributed by atoms with van der Waals surface area (Å²) >= 11 is 0. The van der Waals surface area contributed by atoms with Gasteiger partial charge in [0.25, 0.3) is 5.91 Å². The fourth-order valence-electron chi connectivity index (χ4n) is 2.43. The van der Waals surface area contributed by atoms with E-state index in [0.717, 1.165) is 17.7 Å². The van der Waals surface area contributed by atoms with E-state index in [-0.39, 0.29) is 11.3 Å². The van der Waals surface area contributed by atoms with Crippen molar-refractivity contribution >= 4 is 11.6 Å². The predicted molar refractivity (Wildman–Crippen MR) is 99.0 cm³/mol. The molecule has 0 aliphatic rings. The topological polar surface area (TPSA) is 69.0 Å². The van der Waals surface area contributed by atoms with Crippen molar-refractivity contribution in [2.24, 2.45) is 0 Å². The zero-order chi connectivity index (χ0) is 20.6. The Bertz CT molecular complexity index is 873.